The van der Waals surface area contributed by atoms with Crippen molar-refractivity contribution in [3.05, 3.63) is 58.6 Å². The van der Waals surface area contributed by atoms with E-state index in [-0.39, 0.29) is 12.5 Å². The summed E-state index contributed by atoms with van der Waals surface area (Å²) in [7, 11) is 0. The number of carbonyl (C=O) groups excluding carboxylic acids is 2. The van der Waals surface area contributed by atoms with Crippen LogP contribution in [0.2, 0.25) is 5.02 Å². The number of rotatable bonds is 22. The smallest absolute Gasteiger partial charge is 0.343 e. The Kier molecular flexibility index (Phi) is 18.2. The summed E-state index contributed by atoms with van der Waals surface area (Å²) in [5.41, 5.74) is 1.56. The summed E-state index contributed by atoms with van der Waals surface area (Å²) in [4.78, 5) is 24.7. The number of carbonyl (C=O) groups is 2. The van der Waals surface area contributed by atoms with Gasteiger partial charge in [-0.25, -0.2) is 14.0 Å². The minimum Gasteiger partial charge on any atom is -0.492 e. The normalized spacial score (nSPS) is 17.0. The average molecular weight is 659 g/mol. The highest BCUT2D eigenvalue weighted by atomic mass is 35.5. The number of aryl methyl sites for hydroxylation is 1. The van der Waals surface area contributed by atoms with Gasteiger partial charge in [-0.2, -0.15) is 0 Å². The summed E-state index contributed by atoms with van der Waals surface area (Å²) in [5.74, 6) is 0.474. The highest BCUT2D eigenvalue weighted by Crippen LogP contribution is 2.31. The van der Waals surface area contributed by atoms with Crippen LogP contribution in [0, 0.1) is 5.92 Å². The first kappa shape index (κ1) is 37.9. The van der Waals surface area contributed by atoms with Crippen molar-refractivity contribution in [3.8, 4) is 11.5 Å². The SMILES string of the molecule is CCCCCCCCCCCCOc1ccc(C(=O)Oc2ccc(CCC3CCC(OC(=O)[C@H](F)CCCC)CC3)cc2)cc1Cl. The summed E-state index contributed by atoms with van der Waals surface area (Å²) in [5, 5.41) is 0.405. The molecule has 0 unspecified atom stereocenters. The van der Waals surface area contributed by atoms with E-state index in [4.69, 9.17) is 25.8 Å². The molecule has 0 bridgehead atoms. The molecule has 1 aliphatic rings. The second-order valence-corrected chi connectivity index (χ2v) is 13.3. The second-order valence-electron chi connectivity index (χ2n) is 12.9. The zero-order valence-corrected chi connectivity index (χ0v) is 29.0. The van der Waals surface area contributed by atoms with Crippen LogP contribution in [0.5, 0.6) is 11.5 Å². The lowest BCUT2D eigenvalue weighted by atomic mass is 9.83. The van der Waals surface area contributed by atoms with Crippen LogP contribution in [-0.2, 0) is 16.0 Å². The van der Waals surface area contributed by atoms with Gasteiger partial charge in [-0.3, -0.25) is 0 Å². The van der Waals surface area contributed by atoms with Gasteiger partial charge in [0.15, 0.2) is 6.17 Å². The maximum atomic E-state index is 13.9. The van der Waals surface area contributed by atoms with Crippen molar-refractivity contribution in [2.75, 3.05) is 6.61 Å². The molecule has 46 heavy (non-hydrogen) atoms. The molecule has 0 heterocycles. The largest absolute Gasteiger partial charge is 0.492 e. The van der Waals surface area contributed by atoms with E-state index in [1.807, 2.05) is 31.2 Å². The molecule has 2 aromatic carbocycles. The van der Waals surface area contributed by atoms with Crippen LogP contribution in [-0.4, -0.2) is 30.8 Å². The molecule has 3 rings (SSSR count). The van der Waals surface area contributed by atoms with Gasteiger partial charge in [0.1, 0.15) is 17.6 Å². The summed E-state index contributed by atoms with van der Waals surface area (Å²) in [6.45, 7) is 4.85. The molecule has 0 aromatic heterocycles. The van der Waals surface area contributed by atoms with Crippen molar-refractivity contribution in [1.29, 1.82) is 0 Å². The topological polar surface area (TPSA) is 61.8 Å². The lowest BCUT2D eigenvalue weighted by Gasteiger charge is -2.28. The first-order valence-corrected chi connectivity index (χ1v) is 18.3. The Bertz CT molecular complexity index is 1150. The van der Waals surface area contributed by atoms with Crippen molar-refractivity contribution in [1.82, 2.24) is 0 Å². The van der Waals surface area contributed by atoms with Gasteiger partial charge in [-0.15, -0.1) is 0 Å². The predicted octanol–water partition coefficient (Wildman–Crippen LogP) is 11.4. The number of hydrogen-bond acceptors (Lipinski definition) is 5. The van der Waals surface area contributed by atoms with Crippen LogP contribution < -0.4 is 9.47 Å². The maximum Gasteiger partial charge on any atom is 0.343 e. The van der Waals surface area contributed by atoms with Gasteiger partial charge in [0.05, 0.1) is 17.2 Å². The number of ether oxygens (including phenoxy) is 3. The van der Waals surface area contributed by atoms with Crippen molar-refractivity contribution < 1.29 is 28.2 Å². The Morgan fingerprint density at radius 1 is 0.826 bits per heavy atom. The Morgan fingerprint density at radius 2 is 1.46 bits per heavy atom. The predicted molar refractivity (Wildman–Crippen MR) is 185 cm³/mol. The molecule has 0 saturated heterocycles. The number of benzene rings is 2. The van der Waals surface area contributed by atoms with Crippen LogP contribution in [0.25, 0.3) is 0 Å². The van der Waals surface area contributed by atoms with Gasteiger partial charge in [0.25, 0.3) is 0 Å². The third kappa shape index (κ3) is 14.4. The number of unbranched alkanes of at least 4 members (excludes halogenated alkanes) is 10. The van der Waals surface area contributed by atoms with Crippen LogP contribution in [0.1, 0.15) is 145 Å². The molecule has 7 heteroatoms. The molecule has 0 spiro atoms. The van der Waals surface area contributed by atoms with E-state index in [1.54, 1.807) is 18.2 Å². The summed E-state index contributed by atoms with van der Waals surface area (Å²) < 4.78 is 30.8. The highest BCUT2D eigenvalue weighted by Gasteiger charge is 2.27. The molecule has 0 N–H and O–H groups in total. The average Bonchev–Trinajstić information content (AvgIpc) is 3.07. The minimum absolute atomic E-state index is 0.162. The summed E-state index contributed by atoms with van der Waals surface area (Å²) >= 11 is 6.42. The van der Waals surface area contributed by atoms with Crippen molar-refractivity contribution in [2.45, 2.75) is 148 Å². The quantitative estimate of drug-likeness (QED) is 0.0715. The number of esters is 2. The molecule has 0 aliphatic heterocycles. The van der Waals surface area contributed by atoms with E-state index in [9.17, 15) is 14.0 Å². The molecule has 2 aromatic rings. The van der Waals surface area contributed by atoms with Crippen LogP contribution in [0.4, 0.5) is 4.39 Å². The van der Waals surface area contributed by atoms with Crippen LogP contribution >= 0.6 is 11.6 Å². The van der Waals surface area contributed by atoms with E-state index < -0.39 is 18.1 Å². The number of hydrogen-bond donors (Lipinski definition) is 0. The molecule has 1 fully saturated rings. The van der Waals surface area contributed by atoms with Crippen molar-refractivity contribution >= 4 is 23.5 Å². The second kappa shape index (κ2) is 22.1. The standard InChI is InChI=1S/C39H56ClFO5/c1-3-5-7-8-9-10-11-12-13-14-28-44-37-27-22-32(29-35(37)40)38(42)45-33-23-18-30(19-24-33)16-17-31-20-25-34(26-21-31)46-39(43)36(41)15-6-4-2/h18-19,22-24,27,29,31,34,36H,3-17,20-21,25-26,28H2,1-2H3/t31?,34?,36-/m1/s1. The van der Waals surface area contributed by atoms with Crippen LogP contribution in [0.3, 0.4) is 0 Å². The zero-order chi connectivity index (χ0) is 33.0. The van der Waals surface area contributed by atoms with Crippen molar-refractivity contribution in [3.63, 3.8) is 0 Å². The van der Waals surface area contributed by atoms with Gasteiger partial charge < -0.3 is 14.2 Å². The van der Waals surface area contributed by atoms with Gasteiger partial charge in [-0.1, -0.05) is 108 Å². The maximum absolute atomic E-state index is 13.9. The molecule has 1 aliphatic carbocycles. The molecule has 1 saturated carbocycles. The van der Waals surface area contributed by atoms with Gasteiger partial charge in [0, 0.05) is 0 Å². The van der Waals surface area contributed by atoms with E-state index in [0.29, 0.717) is 41.0 Å². The van der Waals surface area contributed by atoms with Gasteiger partial charge in [0.2, 0.25) is 0 Å². The Labute approximate surface area is 281 Å². The van der Waals surface area contributed by atoms with Crippen molar-refractivity contribution in [2.24, 2.45) is 5.92 Å². The van der Waals surface area contributed by atoms with E-state index in [0.717, 1.165) is 57.8 Å². The zero-order valence-electron chi connectivity index (χ0n) is 28.2. The third-order valence-corrected chi connectivity index (χ3v) is 9.34. The fourth-order valence-corrected chi connectivity index (χ4v) is 6.29. The van der Waals surface area contributed by atoms with E-state index in [1.165, 1.54) is 56.9 Å². The highest BCUT2D eigenvalue weighted by molar-refractivity contribution is 6.32. The first-order valence-electron chi connectivity index (χ1n) is 18.0. The Morgan fingerprint density at radius 3 is 2.09 bits per heavy atom. The number of halogens is 2. The lowest BCUT2D eigenvalue weighted by Crippen LogP contribution is -2.29. The molecule has 1 atom stereocenters. The fourth-order valence-electron chi connectivity index (χ4n) is 6.06. The van der Waals surface area contributed by atoms with E-state index in [2.05, 4.69) is 6.92 Å². The number of alkyl halides is 1. The molecular weight excluding hydrogens is 603 g/mol. The summed E-state index contributed by atoms with van der Waals surface area (Å²) in [6.07, 6.45) is 18.4. The Balaban J connectivity index is 1.30. The summed E-state index contributed by atoms with van der Waals surface area (Å²) in [6, 6.07) is 12.7. The fraction of sp³-hybridized carbons (Fsp3) is 0.641. The third-order valence-electron chi connectivity index (χ3n) is 9.04. The minimum atomic E-state index is -1.50. The lowest BCUT2D eigenvalue weighted by molar-refractivity contribution is -0.157. The molecule has 0 amide bonds. The monoisotopic (exact) mass is 658 g/mol. The molecule has 5 nitrogen and oxygen atoms in total. The molecular formula is C39H56ClFO5. The van der Waals surface area contributed by atoms with Gasteiger partial charge >= 0.3 is 11.9 Å². The molecule has 256 valence electrons. The van der Waals surface area contributed by atoms with Gasteiger partial charge in [-0.05, 0) is 93.2 Å². The van der Waals surface area contributed by atoms with E-state index >= 15 is 0 Å². The first-order chi connectivity index (χ1) is 22.4. The van der Waals surface area contributed by atoms with Crippen LogP contribution in [0.15, 0.2) is 42.5 Å². The Hall–Kier alpha value is -2.60. The molecule has 0 radical (unpaired) electrons.